The van der Waals surface area contributed by atoms with Crippen molar-refractivity contribution in [1.82, 2.24) is 0 Å². The minimum absolute atomic E-state index is 1.19. The highest BCUT2D eigenvalue weighted by Crippen LogP contribution is 2.12. The van der Waals surface area contributed by atoms with Crippen LogP contribution in [-0.2, 0) is 0 Å². The van der Waals surface area contributed by atoms with Crippen molar-refractivity contribution in [2.24, 2.45) is 0 Å². The first-order chi connectivity index (χ1) is 9.91. The lowest BCUT2D eigenvalue weighted by molar-refractivity contribution is 0.836. The number of rotatable bonds is 10. The highest BCUT2D eigenvalue weighted by Gasteiger charge is 1.91. The van der Waals surface area contributed by atoms with Gasteiger partial charge in [0.2, 0.25) is 0 Å². The molecule has 21 heavy (non-hydrogen) atoms. The van der Waals surface area contributed by atoms with Crippen molar-refractivity contribution in [3.63, 3.8) is 0 Å². The maximum atomic E-state index is 2.42. The molecular weight excluding hydrogens is 252 g/mol. The fourth-order valence-electron chi connectivity index (χ4n) is 2.20. The summed E-state index contributed by atoms with van der Waals surface area (Å²) < 4.78 is 0. The highest BCUT2D eigenvalue weighted by atomic mass is 14.0. The van der Waals surface area contributed by atoms with E-state index in [4.69, 9.17) is 0 Å². The number of allylic oxidation sites excluding steroid dienone is 8. The van der Waals surface area contributed by atoms with Gasteiger partial charge >= 0.3 is 0 Å². The van der Waals surface area contributed by atoms with Crippen LogP contribution in [0.5, 0.6) is 0 Å². The van der Waals surface area contributed by atoms with Crippen LogP contribution in [0.25, 0.3) is 0 Å². The lowest BCUT2D eigenvalue weighted by Gasteiger charge is -2.01. The van der Waals surface area contributed by atoms with Crippen molar-refractivity contribution < 1.29 is 0 Å². The van der Waals surface area contributed by atoms with Gasteiger partial charge in [0.15, 0.2) is 0 Å². The van der Waals surface area contributed by atoms with Gasteiger partial charge in [-0.25, -0.2) is 0 Å². The third-order valence-corrected chi connectivity index (χ3v) is 3.58. The summed E-state index contributed by atoms with van der Waals surface area (Å²) in [5.41, 5.74) is 5.93. The first kappa shape index (κ1) is 20.0. The molecule has 0 aromatic rings. The zero-order valence-corrected chi connectivity index (χ0v) is 15.3. The molecule has 0 aliphatic rings. The van der Waals surface area contributed by atoms with Crippen molar-refractivity contribution >= 4 is 0 Å². The van der Waals surface area contributed by atoms with E-state index in [1.54, 1.807) is 0 Å². The molecule has 0 aliphatic heterocycles. The monoisotopic (exact) mass is 288 g/mol. The van der Waals surface area contributed by atoms with Gasteiger partial charge in [-0.2, -0.15) is 0 Å². The van der Waals surface area contributed by atoms with Gasteiger partial charge in [-0.05, 0) is 86.5 Å². The van der Waals surface area contributed by atoms with Gasteiger partial charge in [-0.1, -0.05) is 46.6 Å². The summed E-state index contributed by atoms with van der Waals surface area (Å²) in [5, 5.41) is 0. The Bertz CT molecular complexity index is 342. The number of unbranched alkanes of at least 4 members (excludes halogenated alkanes) is 2. The van der Waals surface area contributed by atoms with E-state index in [0.717, 1.165) is 0 Å². The largest absolute Gasteiger partial charge is 0.0856 e. The van der Waals surface area contributed by atoms with Gasteiger partial charge < -0.3 is 0 Å². The van der Waals surface area contributed by atoms with Crippen LogP contribution in [0.2, 0.25) is 0 Å². The van der Waals surface area contributed by atoms with Crippen LogP contribution < -0.4 is 0 Å². The lowest BCUT2D eigenvalue weighted by atomic mass is 10.1. The Morgan fingerprint density at radius 1 is 0.524 bits per heavy atom. The normalized spacial score (nSPS) is 12.3. The molecule has 0 aromatic heterocycles. The molecule has 0 saturated carbocycles. The number of hydrogen-bond donors (Lipinski definition) is 0. The second-order valence-corrected chi connectivity index (χ2v) is 6.67. The molecule has 0 aromatic carbocycles. The fraction of sp³-hybridized carbons (Fsp3) is 0.619. The molecule has 0 aliphatic carbocycles. The molecule has 120 valence electrons. The predicted octanol–water partition coefficient (Wildman–Crippen LogP) is 7.54. The first-order valence-electron chi connectivity index (χ1n) is 8.49. The summed E-state index contributed by atoms with van der Waals surface area (Å²) in [4.78, 5) is 0. The van der Waals surface area contributed by atoms with Gasteiger partial charge in [0.25, 0.3) is 0 Å². The Kier molecular flexibility index (Phi) is 12.1. The molecule has 0 unspecified atom stereocenters. The van der Waals surface area contributed by atoms with E-state index < -0.39 is 0 Å². The Morgan fingerprint density at radius 3 is 1.24 bits per heavy atom. The van der Waals surface area contributed by atoms with Crippen molar-refractivity contribution in [3.05, 3.63) is 46.6 Å². The van der Waals surface area contributed by atoms with E-state index in [0.29, 0.717) is 0 Å². The second kappa shape index (κ2) is 12.7. The molecule has 0 heterocycles. The average Bonchev–Trinajstić information content (AvgIpc) is 2.37. The van der Waals surface area contributed by atoms with Gasteiger partial charge in [0.1, 0.15) is 0 Å². The maximum Gasteiger partial charge on any atom is -0.0288 e. The van der Waals surface area contributed by atoms with Crippen LogP contribution >= 0.6 is 0 Å². The second-order valence-electron chi connectivity index (χ2n) is 6.67. The molecule has 0 rings (SSSR count). The summed E-state index contributed by atoms with van der Waals surface area (Å²) in [6.07, 6.45) is 18.0. The van der Waals surface area contributed by atoms with Crippen molar-refractivity contribution in [2.75, 3.05) is 0 Å². The third kappa shape index (κ3) is 15.2. The molecular formula is C21H36. The van der Waals surface area contributed by atoms with E-state index in [2.05, 4.69) is 65.8 Å². The van der Waals surface area contributed by atoms with Crippen LogP contribution in [0.15, 0.2) is 46.6 Å². The van der Waals surface area contributed by atoms with Gasteiger partial charge in [0, 0.05) is 0 Å². The minimum Gasteiger partial charge on any atom is -0.0856 e. The quantitative estimate of drug-likeness (QED) is 0.287. The Labute approximate surface area is 133 Å². The molecule has 0 radical (unpaired) electrons. The van der Waals surface area contributed by atoms with Crippen LogP contribution in [-0.4, -0.2) is 0 Å². The molecule has 0 spiro atoms. The van der Waals surface area contributed by atoms with E-state index in [1.807, 2.05) is 0 Å². The average molecular weight is 289 g/mol. The summed E-state index contributed by atoms with van der Waals surface area (Å²) >= 11 is 0. The van der Waals surface area contributed by atoms with Crippen molar-refractivity contribution in [1.29, 1.82) is 0 Å². The Balaban J connectivity index is 3.78. The molecule has 0 nitrogen and oxygen atoms in total. The van der Waals surface area contributed by atoms with Crippen molar-refractivity contribution in [3.8, 4) is 0 Å². The van der Waals surface area contributed by atoms with Crippen LogP contribution in [0.1, 0.15) is 86.5 Å². The van der Waals surface area contributed by atoms with E-state index in [9.17, 15) is 0 Å². The third-order valence-electron chi connectivity index (χ3n) is 3.58. The molecule has 0 amide bonds. The van der Waals surface area contributed by atoms with Crippen LogP contribution in [0, 0.1) is 0 Å². The van der Waals surface area contributed by atoms with E-state index in [-0.39, 0.29) is 0 Å². The van der Waals surface area contributed by atoms with Gasteiger partial charge in [0.05, 0.1) is 0 Å². The van der Waals surface area contributed by atoms with Crippen LogP contribution in [0.4, 0.5) is 0 Å². The summed E-state index contributed by atoms with van der Waals surface area (Å²) in [6.45, 7) is 13.2. The Hall–Kier alpha value is -1.04. The fourth-order valence-corrected chi connectivity index (χ4v) is 2.20. The van der Waals surface area contributed by atoms with Crippen LogP contribution in [0.3, 0.4) is 0 Å². The highest BCUT2D eigenvalue weighted by molar-refractivity contribution is 5.04. The predicted molar refractivity (Wildman–Crippen MR) is 98.7 cm³/mol. The molecule has 0 saturated heterocycles. The SMILES string of the molecule is CC(C)=CCCC(C)=CCCCC=C(C)CCC=C(C)C. The maximum absolute atomic E-state index is 2.42. The first-order valence-corrected chi connectivity index (χ1v) is 8.49. The zero-order valence-electron chi connectivity index (χ0n) is 15.3. The minimum atomic E-state index is 1.19. The summed E-state index contributed by atoms with van der Waals surface area (Å²) in [7, 11) is 0. The molecule has 0 bridgehead atoms. The molecule has 0 N–H and O–H groups in total. The zero-order chi connectivity index (χ0) is 16.1. The lowest BCUT2D eigenvalue weighted by Crippen LogP contribution is -1.80. The van der Waals surface area contributed by atoms with Crippen molar-refractivity contribution in [2.45, 2.75) is 86.5 Å². The standard InChI is InChI=1S/C21H36/c1-18(2)12-10-16-20(5)14-8-7-9-15-21(6)17-11-13-19(3)4/h12-15H,7-11,16-17H2,1-6H3. The number of hydrogen-bond acceptors (Lipinski definition) is 0. The molecule has 0 fully saturated rings. The van der Waals surface area contributed by atoms with E-state index in [1.165, 1.54) is 67.2 Å². The smallest absolute Gasteiger partial charge is 0.0288 e. The topological polar surface area (TPSA) is 0 Å². The summed E-state index contributed by atoms with van der Waals surface area (Å²) in [5.74, 6) is 0. The molecule has 0 heteroatoms. The molecule has 0 atom stereocenters. The van der Waals surface area contributed by atoms with Gasteiger partial charge in [-0.15, -0.1) is 0 Å². The van der Waals surface area contributed by atoms with E-state index >= 15 is 0 Å². The summed E-state index contributed by atoms with van der Waals surface area (Å²) in [6, 6.07) is 0. The Morgan fingerprint density at radius 2 is 0.905 bits per heavy atom. The van der Waals surface area contributed by atoms with Gasteiger partial charge in [-0.3, -0.25) is 0 Å².